The summed E-state index contributed by atoms with van der Waals surface area (Å²) in [5, 5.41) is 0.257. The van der Waals surface area contributed by atoms with E-state index in [2.05, 4.69) is 4.98 Å². The zero-order valence-electron chi connectivity index (χ0n) is 10.1. The number of hydrogen-bond acceptors (Lipinski definition) is 3. The molecule has 0 saturated carbocycles. The molecule has 0 bridgehead atoms. The third-order valence-corrected chi connectivity index (χ3v) is 3.08. The molecule has 1 aromatic carbocycles. The smallest absolute Gasteiger partial charge is 0.141 e. The maximum atomic E-state index is 12.9. The second-order valence-electron chi connectivity index (χ2n) is 4.20. The van der Waals surface area contributed by atoms with Crippen molar-refractivity contribution in [2.45, 2.75) is 12.8 Å². The number of rotatable bonds is 4. The Morgan fingerprint density at radius 2 is 2.00 bits per heavy atom. The van der Waals surface area contributed by atoms with Crippen LogP contribution in [0.4, 0.5) is 10.1 Å². The molecule has 0 aliphatic rings. The van der Waals surface area contributed by atoms with Crippen LogP contribution in [-0.4, -0.2) is 10.8 Å². The number of pyridine rings is 1. The number of Topliss-reactive ketones (excluding diaryl/α,β-unsaturated/α-hetero) is 1. The lowest BCUT2D eigenvalue weighted by Gasteiger charge is -2.06. The van der Waals surface area contributed by atoms with Gasteiger partial charge in [0.05, 0.1) is 0 Å². The minimum atomic E-state index is -0.419. The summed E-state index contributed by atoms with van der Waals surface area (Å²) in [6, 6.07) is 5.64. The van der Waals surface area contributed by atoms with E-state index in [1.165, 1.54) is 18.2 Å². The van der Waals surface area contributed by atoms with Gasteiger partial charge in [-0.3, -0.25) is 9.78 Å². The van der Waals surface area contributed by atoms with Crippen LogP contribution in [0.15, 0.2) is 36.7 Å². The highest BCUT2D eigenvalue weighted by molar-refractivity contribution is 6.31. The second kappa shape index (κ2) is 5.80. The van der Waals surface area contributed by atoms with Crippen molar-refractivity contribution in [2.24, 2.45) is 0 Å². The number of anilines is 1. The van der Waals surface area contributed by atoms with E-state index in [1.807, 2.05) is 0 Å². The standard InChI is InChI=1S/C14H12ClFN2O/c15-13-7-11(16)2-1-9(13)5-12(19)6-10-8-18-4-3-14(10)17/h1-4,7-8H,5-6H2,(H2,17,18). The maximum absolute atomic E-state index is 12.9. The van der Waals surface area contributed by atoms with Gasteiger partial charge in [0.2, 0.25) is 0 Å². The van der Waals surface area contributed by atoms with Crippen LogP contribution in [0.1, 0.15) is 11.1 Å². The average Bonchev–Trinajstić information content (AvgIpc) is 2.36. The Kier molecular flexibility index (Phi) is 4.12. The van der Waals surface area contributed by atoms with Crippen LogP contribution in [0.2, 0.25) is 5.02 Å². The van der Waals surface area contributed by atoms with Crippen molar-refractivity contribution in [1.82, 2.24) is 4.98 Å². The number of nitrogens with two attached hydrogens (primary N) is 1. The number of nitrogen functional groups attached to an aromatic ring is 1. The Balaban J connectivity index is 2.08. The van der Waals surface area contributed by atoms with Crippen molar-refractivity contribution in [1.29, 1.82) is 0 Å². The summed E-state index contributed by atoms with van der Waals surface area (Å²) in [6.07, 6.45) is 3.47. The van der Waals surface area contributed by atoms with Crippen molar-refractivity contribution < 1.29 is 9.18 Å². The average molecular weight is 279 g/mol. The van der Waals surface area contributed by atoms with E-state index in [0.717, 1.165) is 0 Å². The monoisotopic (exact) mass is 278 g/mol. The molecule has 0 saturated heterocycles. The molecule has 0 radical (unpaired) electrons. The van der Waals surface area contributed by atoms with Gasteiger partial charge < -0.3 is 5.73 Å². The predicted molar refractivity (Wildman–Crippen MR) is 72.5 cm³/mol. The van der Waals surface area contributed by atoms with Gasteiger partial charge in [0.15, 0.2) is 0 Å². The summed E-state index contributed by atoms with van der Waals surface area (Å²) < 4.78 is 12.9. The number of carbonyl (C=O) groups excluding carboxylic acids is 1. The predicted octanol–water partition coefficient (Wildman–Crippen LogP) is 2.81. The van der Waals surface area contributed by atoms with Crippen LogP contribution in [0.5, 0.6) is 0 Å². The molecule has 0 spiro atoms. The second-order valence-corrected chi connectivity index (χ2v) is 4.61. The number of halogens is 2. The molecule has 19 heavy (non-hydrogen) atoms. The third-order valence-electron chi connectivity index (χ3n) is 2.73. The summed E-state index contributed by atoms with van der Waals surface area (Å²) in [4.78, 5) is 15.9. The molecule has 0 amide bonds. The zero-order valence-corrected chi connectivity index (χ0v) is 10.8. The normalized spacial score (nSPS) is 10.4. The van der Waals surface area contributed by atoms with E-state index >= 15 is 0 Å². The van der Waals surface area contributed by atoms with Crippen LogP contribution in [-0.2, 0) is 17.6 Å². The minimum Gasteiger partial charge on any atom is -0.398 e. The number of benzene rings is 1. The van der Waals surface area contributed by atoms with Crippen LogP contribution in [0, 0.1) is 5.82 Å². The summed E-state index contributed by atoms with van der Waals surface area (Å²) >= 11 is 5.88. The number of hydrogen-bond donors (Lipinski definition) is 1. The number of nitrogens with zero attached hydrogens (tertiary/aromatic N) is 1. The Hall–Kier alpha value is -1.94. The van der Waals surface area contributed by atoms with E-state index in [0.29, 0.717) is 16.8 Å². The maximum Gasteiger partial charge on any atom is 0.141 e. The van der Waals surface area contributed by atoms with Crippen molar-refractivity contribution in [2.75, 3.05) is 5.73 Å². The van der Waals surface area contributed by atoms with E-state index in [9.17, 15) is 9.18 Å². The first-order valence-electron chi connectivity index (χ1n) is 5.70. The number of carbonyl (C=O) groups is 1. The first-order chi connectivity index (χ1) is 9.06. The summed E-state index contributed by atoms with van der Waals surface area (Å²) in [5.74, 6) is -0.467. The van der Waals surface area contributed by atoms with Gasteiger partial charge in [0.1, 0.15) is 11.6 Å². The molecule has 5 heteroatoms. The summed E-state index contributed by atoms with van der Waals surface area (Å²) in [5.41, 5.74) is 7.57. The minimum absolute atomic E-state index is 0.0480. The van der Waals surface area contributed by atoms with Gasteiger partial charge in [-0.1, -0.05) is 17.7 Å². The molecule has 2 aromatic rings. The highest BCUT2D eigenvalue weighted by Gasteiger charge is 2.10. The van der Waals surface area contributed by atoms with Crippen molar-refractivity contribution >= 4 is 23.1 Å². The van der Waals surface area contributed by atoms with Crippen LogP contribution in [0.3, 0.4) is 0 Å². The molecule has 2 N–H and O–H groups in total. The molecule has 0 fully saturated rings. The summed E-state index contributed by atoms with van der Waals surface area (Å²) in [6.45, 7) is 0. The number of ketones is 1. The third kappa shape index (κ3) is 3.51. The lowest BCUT2D eigenvalue weighted by atomic mass is 10.0. The van der Waals surface area contributed by atoms with Gasteiger partial charge in [0, 0.05) is 41.5 Å². The van der Waals surface area contributed by atoms with Gasteiger partial charge >= 0.3 is 0 Å². The fourth-order valence-corrected chi connectivity index (χ4v) is 1.97. The SMILES string of the molecule is Nc1ccncc1CC(=O)Cc1ccc(F)cc1Cl. The van der Waals surface area contributed by atoms with Gasteiger partial charge in [-0.15, -0.1) is 0 Å². The Morgan fingerprint density at radius 3 is 2.68 bits per heavy atom. The topological polar surface area (TPSA) is 56.0 Å². The quantitative estimate of drug-likeness (QED) is 0.936. The van der Waals surface area contributed by atoms with Crippen molar-refractivity contribution in [3.63, 3.8) is 0 Å². The van der Waals surface area contributed by atoms with Gasteiger partial charge in [-0.25, -0.2) is 4.39 Å². The fourth-order valence-electron chi connectivity index (χ4n) is 1.74. The van der Waals surface area contributed by atoms with E-state index in [1.54, 1.807) is 18.5 Å². The Labute approximate surface area is 115 Å². The highest BCUT2D eigenvalue weighted by atomic mass is 35.5. The lowest BCUT2D eigenvalue weighted by Crippen LogP contribution is -2.09. The van der Waals surface area contributed by atoms with Gasteiger partial charge in [-0.2, -0.15) is 0 Å². The van der Waals surface area contributed by atoms with Crippen molar-refractivity contribution in [3.8, 4) is 0 Å². The first-order valence-corrected chi connectivity index (χ1v) is 6.08. The molecule has 0 atom stereocenters. The molecule has 0 unspecified atom stereocenters. The first kappa shape index (κ1) is 13.5. The van der Waals surface area contributed by atoms with E-state index in [4.69, 9.17) is 17.3 Å². The highest BCUT2D eigenvalue weighted by Crippen LogP contribution is 2.19. The lowest BCUT2D eigenvalue weighted by molar-refractivity contribution is -0.117. The molecule has 3 nitrogen and oxygen atoms in total. The molecular formula is C14H12ClFN2O. The van der Waals surface area contributed by atoms with Crippen LogP contribution in [0.25, 0.3) is 0 Å². The molecule has 0 aliphatic heterocycles. The van der Waals surface area contributed by atoms with E-state index < -0.39 is 5.82 Å². The Morgan fingerprint density at radius 1 is 1.26 bits per heavy atom. The molecule has 98 valence electrons. The van der Waals surface area contributed by atoms with Crippen LogP contribution < -0.4 is 5.73 Å². The molecular weight excluding hydrogens is 267 g/mol. The Bertz CT molecular complexity index is 616. The van der Waals surface area contributed by atoms with Gasteiger partial charge in [0.25, 0.3) is 0 Å². The fraction of sp³-hybridized carbons (Fsp3) is 0.143. The molecule has 2 rings (SSSR count). The van der Waals surface area contributed by atoms with Crippen LogP contribution >= 0.6 is 11.6 Å². The summed E-state index contributed by atoms with van der Waals surface area (Å²) in [7, 11) is 0. The number of aromatic nitrogens is 1. The van der Waals surface area contributed by atoms with E-state index in [-0.39, 0.29) is 23.6 Å². The molecule has 1 heterocycles. The molecule has 0 aliphatic carbocycles. The zero-order chi connectivity index (χ0) is 13.8. The molecule has 1 aromatic heterocycles. The van der Waals surface area contributed by atoms with Crippen molar-refractivity contribution in [3.05, 3.63) is 58.6 Å². The van der Waals surface area contributed by atoms with Gasteiger partial charge in [-0.05, 0) is 23.8 Å². The largest absolute Gasteiger partial charge is 0.398 e.